The smallest absolute Gasteiger partial charge is 0.310 e. The van der Waals surface area contributed by atoms with Crippen LogP contribution in [0, 0.1) is 11.8 Å². The van der Waals surface area contributed by atoms with Crippen molar-refractivity contribution in [3.05, 3.63) is 24.8 Å². The number of fused-ring (bicyclic) bond motifs is 1. The molecule has 1 aliphatic carbocycles. The fourth-order valence-electron chi connectivity index (χ4n) is 2.49. The molecule has 0 spiro atoms. The van der Waals surface area contributed by atoms with Crippen molar-refractivity contribution in [2.45, 2.75) is 32.0 Å². The van der Waals surface area contributed by atoms with Crippen molar-refractivity contribution in [2.75, 3.05) is 13.2 Å². The molecule has 0 aromatic carbocycles. The summed E-state index contributed by atoms with van der Waals surface area (Å²) >= 11 is 0. The minimum absolute atomic E-state index is 0.0841. The molecule has 5 nitrogen and oxygen atoms in total. The highest BCUT2D eigenvalue weighted by Crippen LogP contribution is 2.43. The Morgan fingerprint density at radius 3 is 2.25 bits per heavy atom. The molecule has 2 rings (SSSR count). The maximum atomic E-state index is 12.1. The van der Waals surface area contributed by atoms with Gasteiger partial charge < -0.3 is 14.2 Å². The molecule has 5 heteroatoms. The number of hydrogen-bond donors (Lipinski definition) is 0. The molecule has 20 heavy (non-hydrogen) atoms. The van der Waals surface area contributed by atoms with Gasteiger partial charge in [-0.25, -0.2) is 0 Å². The van der Waals surface area contributed by atoms with Crippen molar-refractivity contribution < 1.29 is 23.8 Å². The lowest BCUT2D eigenvalue weighted by atomic mass is 9.79. The molecule has 4 unspecified atom stereocenters. The van der Waals surface area contributed by atoms with Crippen LogP contribution in [0.15, 0.2) is 24.8 Å². The second kappa shape index (κ2) is 6.22. The number of carbonyl (C=O) groups excluding carboxylic acids is 2. The van der Waals surface area contributed by atoms with Crippen LogP contribution in [0.1, 0.15) is 19.8 Å². The molecule has 4 atom stereocenters. The lowest BCUT2D eigenvalue weighted by Gasteiger charge is -2.26. The number of ether oxygens (including phenoxy) is 3. The Kier molecular flexibility index (Phi) is 4.60. The van der Waals surface area contributed by atoms with Crippen molar-refractivity contribution in [3.63, 3.8) is 0 Å². The van der Waals surface area contributed by atoms with Gasteiger partial charge in [0.15, 0.2) is 0 Å². The van der Waals surface area contributed by atoms with E-state index in [1.165, 1.54) is 6.08 Å². The van der Waals surface area contributed by atoms with Crippen LogP contribution < -0.4 is 0 Å². The fourth-order valence-corrected chi connectivity index (χ4v) is 2.49. The SMILES string of the molecule is C=CCOC(=O)C1CC2OC2CC1C(=O)OCC(=C)C. The summed E-state index contributed by atoms with van der Waals surface area (Å²) in [5.41, 5.74) is 0.764. The zero-order valence-corrected chi connectivity index (χ0v) is 11.7. The van der Waals surface area contributed by atoms with Gasteiger partial charge in [0.05, 0.1) is 24.0 Å². The van der Waals surface area contributed by atoms with Gasteiger partial charge >= 0.3 is 11.9 Å². The molecular weight excluding hydrogens is 260 g/mol. The number of epoxide rings is 1. The monoisotopic (exact) mass is 280 g/mol. The molecule has 1 saturated heterocycles. The van der Waals surface area contributed by atoms with Crippen LogP contribution in [0.3, 0.4) is 0 Å². The number of rotatable bonds is 6. The topological polar surface area (TPSA) is 65.1 Å². The zero-order chi connectivity index (χ0) is 14.7. The highest BCUT2D eigenvalue weighted by molar-refractivity contribution is 5.82. The largest absolute Gasteiger partial charge is 0.461 e. The molecule has 0 radical (unpaired) electrons. The summed E-state index contributed by atoms with van der Waals surface area (Å²) in [6.45, 7) is 9.30. The number of carbonyl (C=O) groups is 2. The van der Waals surface area contributed by atoms with Gasteiger partial charge in [0.25, 0.3) is 0 Å². The molecule has 0 N–H and O–H groups in total. The van der Waals surface area contributed by atoms with E-state index in [1.54, 1.807) is 6.92 Å². The third-order valence-electron chi connectivity index (χ3n) is 3.56. The molecule has 0 bridgehead atoms. The van der Waals surface area contributed by atoms with E-state index >= 15 is 0 Å². The quantitative estimate of drug-likeness (QED) is 0.420. The first kappa shape index (κ1) is 14.8. The molecular formula is C15H20O5. The summed E-state index contributed by atoms with van der Waals surface area (Å²) in [4.78, 5) is 24.1. The average Bonchev–Trinajstić information content (AvgIpc) is 3.18. The van der Waals surface area contributed by atoms with Crippen LogP contribution in [0.2, 0.25) is 0 Å². The normalized spacial score (nSPS) is 30.9. The molecule has 1 heterocycles. The Balaban J connectivity index is 1.98. The second-order valence-corrected chi connectivity index (χ2v) is 5.38. The predicted octanol–water partition coefficient (Wildman–Crippen LogP) is 1.63. The van der Waals surface area contributed by atoms with E-state index in [2.05, 4.69) is 13.2 Å². The minimum atomic E-state index is -0.490. The predicted molar refractivity (Wildman–Crippen MR) is 71.8 cm³/mol. The van der Waals surface area contributed by atoms with Crippen LogP contribution >= 0.6 is 0 Å². The highest BCUT2D eigenvalue weighted by atomic mass is 16.6. The van der Waals surface area contributed by atoms with Crippen LogP contribution in [0.4, 0.5) is 0 Å². The van der Waals surface area contributed by atoms with Crippen LogP contribution in [0.25, 0.3) is 0 Å². The van der Waals surface area contributed by atoms with Gasteiger partial charge in [0, 0.05) is 0 Å². The summed E-state index contributed by atoms with van der Waals surface area (Å²) in [7, 11) is 0. The zero-order valence-electron chi connectivity index (χ0n) is 11.7. The average molecular weight is 280 g/mol. The first-order valence-electron chi connectivity index (χ1n) is 6.77. The van der Waals surface area contributed by atoms with E-state index < -0.39 is 11.8 Å². The summed E-state index contributed by atoms with van der Waals surface area (Å²) in [6, 6.07) is 0. The van der Waals surface area contributed by atoms with E-state index in [0.717, 1.165) is 5.57 Å². The van der Waals surface area contributed by atoms with Crippen molar-refractivity contribution in [1.82, 2.24) is 0 Å². The molecule has 2 fully saturated rings. The maximum Gasteiger partial charge on any atom is 0.310 e. The van der Waals surface area contributed by atoms with Crippen molar-refractivity contribution >= 4 is 11.9 Å². The van der Waals surface area contributed by atoms with E-state index in [9.17, 15) is 9.59 Å². The van der Waals surface area contributed by atoms with Gasteiger partial charge in [-0.05, 0) is 25.3 Å². The molecule has 0 aromatic heterocycles. The summed E-state index contributed by atoms with van der Waals surface area (Å²) in [6.07, 6.45) is 2.72. The molecule has 110 valence electrons. The Labute approximate surface area is 118 Å². The van der Waals surface area contributed by atoms with Crippen LogP contribution in [-0.2, 0) is 23.8 Å². The van der Waals surface area contributed by atoms with Crippen LogP contribution in [-0.4, -0.2) is 37.4 Å². The van der Waals surface area contributed by atoms with Crippen molar-refractivity contribution in [2.24, 2.45) is 11.8 Å². The summed E-state index contributed by atoms with van der Waals surface area (Å²) in [5, 5.41) is 0. The van der Waals surface area contributed by atoms with Gasteiger partial charge in [-0.3, -0.25) is 9.59 Å². The number of esters is 2. The fraction of sp³-hybridized carbons (Fsp3) is 0.600. The Bertz CT molecular complexity index is 428. The maximum absolute atomic E-state index is 12.1. The second-order valence-electron chi connectivity index (χ2n) is 5.38. The van der Waals surface area contributed by atoms with Gasteiger partial charge in [0.2, 0.25) is 0 Å². The molecule has 1 aliphatic heterocycles. The molecule has 2 aliphatic rings. The van der Waals surface area contributed by atoms with Gasteiger partial charge in [-0.15, -0.1) is 0 Å². The molecule has 0 amide bonds. The lowest BCUT2D eigenvalue weighted by Crippen LogP contribution is -2.37. The minimum Gasteiger partial charge on any atom is -0.461 e. The summed E-state index contributed by atoms with van der Waals surface area (Å²) in [5.74, 6) is -1.73. The highest BCUT2D eigenvalue weighted by Gasteiger charge is 2.53. The third-order valence-corrected chi connectivity index (χ3v) is 3.56. The van der Waals surface area contributed by atoms with E-state index in [0.29, 0.717) is 12.8 Å². The standard InChI is InChI=1S/C15H20O5/c1-4-5-18-14(16)10-6-12-13(20-12)7-11(10)15(17)19-8-9(2)3/h4,10-13H,1-2,5-8H2,3H3. The van der Waals surface area contributed by atoms with Gasteiger partial charge in [-0.2, -0.15) is 0 Å². The van der Waals surface area contributed by atoms with Gasteiger partial charge in [-0.1, -0.05) is 19.2 Å². The molecule has 1 saturated carbocycles. The van der Waals surface area contributed by atoms with Gasteiger partial charge in [0.1, 0.15) is 13.2 Å². The Morgan fingerprint density at radius 2 is 1.75 bits per heavy atom. The third kappa shape index (κ3) is 3.48. The summed E-state index contributed by atoms with van der Waals surface area (Å²) < 4.78 is 15.7. The van der Waals surface area contributed by atoms with Crippen molar-refractivity contribution in [3.8, 4) is 0 Å². The molecule has 0 aromatic rings. The number of hydrogen-bond acceptors (Lipinski definition) is 5. The van der Waals surface area contributed by atoms with Crippen molar-refractivity contribution in [1.29, 1.82) is 0 Å². The Morgan fingerprint density at radius 1 is 1.20 bits per heavy atom. The first-order chi connectivity index (χ1) is 9.52. The van der Waals surface area contributed by atoms with E-state index in [4.69, 9.17) is 14.2 Å². The van der Waals surface area contributed by atoms with Crippen LogP contribution in [0.5, 0.6) is 0 Å². The van der Waals surface area contributed by atoms with E-state index in [1.807, 2.05) is 0 Å². The first-order valence-corrected chi connectivity index (χ1v) is 6.77. The van der Waals surface area contributed by atoms with E-state index in [-0.39, 0.29) is 37.4 Å². The Hall–Kier alpha value is -1.62. The lowest BCUT2D eigenvalue weighted by molar-refractivity contribution is -0.161.